The van der Waals surface area contributed by atoms with Crippen LogP contribution in [0, 0.1) is 6.92 Å². The highest BCUT2D eigenvalue weighted by molar-refractivity contribution is 7.13. The van der Waals surface area contributed by atoms with Crippen molar-refractivity contribution in [3.8, 4) is 0 Å². The molecule has 0 bridgehead atoms. The summed E-state index contributed by atoms with van der Waals surface area (Å²) in [6.45, 7) is 3.88. The number of aryl methyl sites for hydroxylation is 2. The molecule has 1 aliphatic heterocycles. The molecule has 5 heteroatoms. The van der Waals surface area contributed by atoms with Crippen LogP contribution in [0.5, 0.6) is 0 Å². The van der Waals surface area contributed by atoms with Crippen molar-refractivity contribution in [3.05, 3.63) is 99.1 Å². The minimum Gasteiger partial charge on any atom is -0.289 e. The maximum absolute atomic E-state index is 12.5. The Bertz CT molecular complexity index is 1100. The van der Waals surface area contributed by atoms with Crippen molar-refractivity contribution in [1.82, 2.24) is 5.06 Å². The summed E-state index contributed by atoms with van der Waals surface area (Å²) in [5.41, 5.74) is 4.21. The van der Waals surface area contributed by atoms with Gasteiger partial charge in [0.2, 0.25) is 0 Å². The number of benzene rings is 1. The lowest BCUT2D eigenvalue weighted by atomic mass is 9.96. The second-order valence-electron chi connectivity index (χ2n) is 7.04. The van der Waals surface area contributed by atoms with Crippen molar-refractivity contribution in [2.75, 3.05) is 0 Å². The van der Waals surface area contributed by atoms with Crippen molar-refractivity contribution in [2.45, 2.75) is 26.7 Å². The fourth-order valence-electron chi connectivity index (χ4n) is 3.47. The largest absolute Gasteiger partial charge is 0.289 e. The van der Waals surface area contributed by atoms with Crippen molar-refractivity contribution in [2.24, 2.45) is 4.99 Å². The van der Waals surface area contributed by atoms with Gasteiger partial charge in [-0.15, -0.1) is 11.3 Å². The van der Waals surface area contributed by atoms with E-state index in [9.17, 15) is 10.0 Å². The normalized spacial score (nSPS) is 19.2. The first-order chi connectivity index (χ1) is 14.0. The SMILES string of the molecule is CC1=C(c2ccc(C)s2)N=C(CCc2ccccc2)C(=C2C=CC=CC2=O)N1O. The van der Waals surface area contributed by atoms with E-state index in [0.717, 1.165) is 22.1 Å². The Morgan fingerprint density at radius 1 is 1.00 bits per heavy atom. The van der Waals surface area contributed by atoms with Crippen LogP contribution in [0.4, 0.5) is 0 Å². The number of rotatable bonds is 4. The molecule has 2 heterocycles. The Balaban J connectivity index is 1.79. The molecule has 0 atom stereocenters. The lowest BCUT2D eigenvalue weighted by Crippen LogP contribution is -2.30. The van der Waals surface area contributed by atoms with Crippen LogP contribution >= 0.6 is 11.3 Å². The molecule has 146 valence electrons. The molecule has 2 aromatic rings. The number of thiophene rings is 1. The molecule has 29 heavy (non-hydrogen) atoms. The average molecular weight is 403 g/mol. The van der Waals surface area contributed by atoms with Crippen LogP contribution in [0.25, 0.3) is 5.70 Å². The summed E-state index contributed by atoms with van der Waals surface area (Å²) in [5, 5.41) is 12.2. The first-order valence-corrected chi connectivity index (χ1v) is 10.4. The van der Waals surface area contributed by atoms with Crippen LogP contribution in [0.15, 0.2) is 88.7 Å². The van der Waals surface area contributed by atoms with Crippen LogP contribution in [-0.4, -0.2) is 21.8 Å². The maximum Gasteiger partial charge on any atom is 0.188 e. The van der Waals surface area contributed by atoms with E-state index < -0.39 is 0 Å². The summed E-state index contributed by atoms with van der Waals surface area (Å²) in [6.07, 6.45) is 8.16. The van der Waals surface area contributed by atoms with Crippen molar-refractivity contribution < 1.29 is 10.0 Å². The molecule has 4 rings (SSSR count). The van der Waals surface area contributed by atoms with Gasteiger partial charge in [-0.1, -0.05) is 42.5 Å². The third kappa shape index (κ3) is 3.92. The van der Waals surface area contributed by atoms with Gasteiger partial charge in [0.1, 0.15) is 11.4 Å². The van der Waals surface area contributed by atoms with Gasteiger partial charge in [0.25, 0.3) is 0 Å². The van der Waals surface area contributed by atoms with Crippen molar-refractivity contribution in [3.63, 3.8) is 0 Å². The molecule has 0 saturated carbocycles. The molecule has 0 saturated heterocycles. The lowest BCUT2D eigenvalue weighted by molar-refractivity contribution is -0.111. The van der Waals surface area contributed by atoms with Gasteiger partial charge in [-0.2, -0.15) is 0 Å². The number of hydroxylamine groups is 2. The Morgan fingerprint density at radius 2 is 1.76 bits per heavy atom. The highest BCUT2D eigenvalue weighted by Gasteiger charge is 2.29. The number of ketones is 1. The number of hydrogen-bond donors (Lipinski definition) is 1. The second-order valence-corrected chi connectivity index (χ2v) is 8.33. The molecule has 0 unspecified atom stereocenters. The van der Waals surface area contributed by atoms with Crippen LogP contribution in [0.2, 0.25) is 0 Å². The molecule has 0 fully saturated rings. The molecule has 0 amide bonds. The third-order valence-corrected chi connectivity index (χ3v) is 6.01. The molecule has 4 nitrogen and oxygen atoms in total. The number of allylic oxidation sites excluding steroid dienone is 7. The Hall–Kier alpha value is -3.02. The summed E-state index contributed by atoms with van der Waals surface area (Å²) in [6, 6.07) is 14.2. The van der Waals surface area contributed by atoms with Gasteiger partial charge in [0, 0.05) is 10.5 Å². The summed E-state index contributed by atoms with van der Waals surface area (Å²) in [5.74, 6) is -0.128. The van der Waals surface area contributed by atoms with Gasteiger partial charge in [-0.25, -0.2) is 10.1 Å². The molecule has 1 aromatic carbocycles. The van der Waals surface area contributed by atoms with E-state index in [1.807, 2.05) is 43.3 Å². The number of carbonyl (C=O) groups excluding carboxylic acids is 1. The predicted molar refractivity (Wildman–Crippen MR) is 118 cm³/mol. The lowest BCUT2D eigenvalue weighted by Gasteiger charge is -2.30. The molecule has 1 N–H and O–H groups in total. The van der Waals surface area contributed by atoms with Gasteiger partial charge >= 0.3 is 0 Å². The molecule has 1 aromatic heterocycles. The average Bonchev–Trinajstić information content (AvgIpc) is 3.16. The predicted octanol–water partition coefficient (Wildman–Crippen LogP) is 5.47. The van der Waals surface area contributed by atoms with Crippen molar-refractivity contribution in [1.29, 1.82) is 0 Å². The van der Waals surface area contributed by atoms with Gasteiger partial charge < -0.3 is 0 Å². The first kappa shape index (κ1) is 19.3. The zero-order chi connectivity index (χ0) is 20.4. The quantitative estimate of drug-likeness (QED) is 0.690. The van der Waals surface area contributed by atoms with Crippen LogP contribution in [0.3, 0.4) is 0 Å². The van der Waals surface area contributed by atoms with Crippen LogP contribution < -0.4 is 0 Å². The topological polar surface area (TPSA) is 52.9 Å². The van der Waals surface area contributed by atoms with E-state index in [2.05, 4.69) is 19.1 Å². The molecular formula is C24H22N2O2S. The van der Waals surface area contributed by atoms with Crippen LogP contribution in [0.1, 0.15) is 28.7 Å². The Labute approximate surface area is 174 Å². The number of aliphatic imine (C=N–C) groups is 1. The first-order valence-electron chi connectivity index (χ1n) is 9.56. The fourth-order valence-corrected chi connectivity index (χ4v) is 4.38. The van der Waals surface area contributed by atoms with E-state index in [-0.39, 0.29) is 5.78 Å². The molecule has 2 aliphatic rings. The third-order valence-electron chi connectivity index (χ3n) is 5.00. The summed E-state index contributed by atoms with van der Waals surface area (Å²) in [4.78, 5) is 19.6. The second kappa shape index (κ2) is 8.15. The fraction of sp³-hybridized carbons (Fsp3) is 0.167. The van der Waals surface area contributed by atoms with E-state index in [0.29, 0.717) is 29.1 Å². The maximum atomic E-state index is 12.5. The van der Waals surface area contributed by atoms with E-state index in [4.69, 9.17) is 4.99 Å². The van der Waals surface area contributed by atoms with E-state index in [1.54, 1.807) is 23.5 Å². The molecule has 0 spiro atoms. The Morgan fingerprint density at radius 3 is 2.45 bits per heavy atom. The Kier molecular flexibility index (Phi) is 5.43. The monoisotopic (exact) mass is 402 g/mol. The van der Waals surface area contributed by atoms with E-state index >= 15 is 0 Å². The molecule has 0 radical (unpaired) electrons. The minimum atomic E-state index is -0.128. The van der Waals surface area contributed by atoms with Crippen molar-refractivity contribution >= 4 is 28.5 Å². The van der Waals surface area contributed by atoms with Crippen LogP contribution in [-0.2, 0) is 11.2 Å². The molecular weight excluding hydrogens is 380 g/mol. The standard InChI is InChI=1S/C24H22N2O2S/c1-16-12-15-22(29-16)23-17(2)26(28)24(19-10-6-7-11-21(19)27)20(25-23)14-13-18-8-4-3-5-9-18/h3-12,15,28H,13-14H2,1-2H3. The summed E-state index contributed by atoms with van der Waals surface area (Å²) >= 11 is 1.64. The van der Waals surface area contributed by atoms with Gasteiger partial charge in [-0.3, -0.25) is 10.0 Å². The zero-order valence-corrected chi connectivity index (χ0v) is 17.2. The van der Waals surface area contributed by atoms with E-state index in [1.165, 1.54) is 16.5 Å². The molecule has 1 aliphatic carbocycles. The summed E-state index contributed by atoms with van der Waals surface area (Å²) in [7, 11) is 0. The highest BCUT2D eigenvalue weighted by Crippen LogP contribution is 2.35. The zero-order valence-electron chi connectivity index (χ0n) is 16.4. The highest BCUT2D eigenvalue weighted by atomic mass is 32.1. The number of hydrogen-bond acceptors (Lipinski definition) is 5. The minimum absolute atomic E-state index is 0.128. The van der Waals surface area contributed by atoms with Gasteiger partial charge in [-0.05, 0) is 56.5 Å². The number of carbonyl (C=O) groups is 1. The summed E-state index contributed by atoms with van der Waals surface area (Å²) < 4.78 is 0. The van der Waals surface area contributed by atoms with Gasteiger partial charge in [0.15, 0.2) is 5.78 Å². The van der Waals surface area contributed by atoms with Gasteiger partial charge in [0.05, 0.1) is 16.3 Å². The number of nitrogens with zero attached hydrogens (tertiary/aromatic N) is 2. The smallest absolute Gasteiger partial charge is 0.188 e.